The van der Waals surface area contributed by atoms with Crippen LogP contribution < -0.4 is 10.6 Å². The van der Waals surface area contributed by atoms with Gasteiger partial charge in [0.1, 0.15) is 13.0 Å². The van der Waals surface area contributed by atoms with Crippen molar-refractivity contribution in [2.45, 2.75) is 26.7 Å². The van der Waals surface area contributed by atoms with Crippen molar-refractivity contribution in [2.75, 3.05) is 26.2 Å². The van der Waals surface area contributed by atoms with E-state index in [1.54, 1.807) is 0 Å². The molecule has 0 saturated carbocycles. The van der Waals surface area contributed by atoms with Gasteiger partial charge in [-0.25, -0.2) is 0 Å². The van der Waals surface area contributed by atoms with E-state index in [0.29, 0.717) is 21.7 Å². The number of nitrogens with zero attached hydrogens (tertiary/aromatic N) is 1. The number of nitrogens with one attached hydrogen (secondary N) is 2. The van der Waals surface area contributed by atoms with Gasteiger partial charge in [0.05, 0.1) is 0 Å². The molecule has 0 saturated heterocycles. The Balaban J connectivity index is -0.000000295. The molecule has 10 heteroatoms. The number of rotatable bonds is 7. The molecule has 1 radical (unpaired) electrons. The molecule has 0 spiro atoms. The van der Waals surface area contributed by atoms with E-state index < -0.39 is 0 Å². The Morgan fingerprint density at radius 3 is 1.38 bits per heavy atom. The van der Waals surface area contributed by atoms with Gasteiger partial charge in [-0.15, -0.1) is 37.9 Å². The third-order valence-corrected chi connectivity index (χ3v) is 3.08. The summed E-state index contributed by atoms with van der Waals surface area (Å²) < 4.78 is 1.71. The normalized spacial score (nSPS) is 8.62. The maximum atomic E-state index is 4.94. The van der Waals surface area contributed by atoms with Crippen molar-refractivity contribution in [1.82, 2.24) is 15.5 Å². The van der Waals surface area contributed by atoms with Crippen molar-refractivity contribution in [2.24, 2.45) is 0 Å². The first-order valence-electron chi connectivity index (χ1n) is 6.26. The molecule has 0 aromatic rings. The molecule has 2 N–H and O–H groups in total. The Morgan fingerprint density at radius 1 is 0.857 bits per heavy atom. The molecule has 21 heavy (non-hydrogen) atoms. The Labute approximate surface area is 171 Å². The van der Waals surface area contributed by atoms with Crippen molar-refractivity contribution < 1.29 is 17.1 Å². The molecule has 0 atom stereocenters. The van der Waals surface area contributed by atoms with Gasteiger partial charge in [-0.05, 0) is 12.8 Å². The molecule has 0 heterocycles. The molecule has 0 rings (SSSR count). The monoisotopic (exact) mass is 452 g/mol. The smallest absolute Gasteiger partial charge is 0.133 e. The van der Waals surface area contributed by atoms with Gasteiger partial charge >= 0.3 is 0 Å². The van der Waals surface area contributed by atoms with Gasteiger partial charge in [-0.3, -0.25) is 0 Å². The van der Waals surface area contributed by atoms with Crippen LogP contribution in [0, 0.1) is 0 Å². The van der Waals surface area contributed by atoms with E-state index in [1.165, 1.54) is 0 Å². The van der Waals surface area contributed by atoms with Crippen molar-refractivity contribution in [3.63, 3.8) is 0 Å². The maximum Gasteiger partial charge on any atom is 0.133 e. The first kappa shape index (κ1) is 27.1. The zero-order valence-corrected chi connectivity index (χ0v) is 18.1. The van der Waals surface area contributed by atoms with Crippen LogP contribution in [0.4, 0.5) is 0 Å². The van der Waals surface area contributed by atoms with Crippen LogP contribution in [0.15, 0.2) is 0 Å². The molecule has 0 aromatic carbocycles. The summed E-state index contributed by atoms with van der Waals surface area (Å²) in [4.78, 5) is 2.12. The first-order valence-corrected chi connectivity index (χ1v) is 8.83. The largest absolute Gasteiger partial charge is 0.369 e. The molecule has 0 fully saturated rings. The van der Waals surface area contributed by atoms with Crippen LogP contribution in [-0.2, 0) is 17.1 Å². The van der Waals surface area contributed by atoms with Crippen molar-refractivity contribution in [3.05, 3.63) is 0 Å². The molecule has 0 amide bonds. The van der Waals surface area contributed by atoms with E-state index in [4.69, 9.17) is 12.2 Å². The first-order chi connectivity index (χ1) is 9.34. The topological polar surface area (TPSA) is 27.3 Å². The minimum Gasteiger partial charge on any atom is -0.369 e. The van der Waals surface area contributed by atoms with Crippen LogP contribution in [-0.4, -0.2) is 44.0 Å². The predicted molar refractivity (Wildman–Crippen MR) is 113 cm³/mol. The molecule has 129 valence electrons. The summed E-state index contributed by atoms with van der Waals surface area (Å²) in [6.45, 7) is 7.79. The van der Waals surface area contributed by atoms with Gasteiger partial charge in [0, 0.05) is 43.2 Å². The maximum absolute atomic E-state index is 4.94. The average Bonchev–Trinajstić information content (AvgIpc) is 2.34. The minimum absolute atomic E-state index is 0. The van der Waals surface area contributed by atoms with E-state index in [0.717, 1.165) is 30.3 Å². The molecule has 0 aliphatic carbocycles. The van der Waals surface area contributed by atoms with Crippen LogP contribution >= 0.6 is 74.5 Å². The second-order valence-electron chi connectivity index (χ2n) is 3.73. The van der Waals surface area contributed by atoms with Crippen molar-refractivity contribution in [3.8, 4) is 0 Å². The Bertz CT molecular complexity index is 282. The third-order valence-electron chi connectivity index (χ3n) is 1.94. The molecule has 0 aromatic heterocycles. The summed E-state index contributed by atoms with van der Waals surface area (Å²) in [7, 11) is 0. The van der Waals surface area contributed by atoms with Gasteiger partial charge in [-0.2, -0.15) is 0 Å². The Hall–Kier alpha value is 1.24. The summed E-state index contributed by atoms with van der Waals surface area (Å²) in [6, 6.07) is 0. The van der Waals surface area contributed by atoms with Crippen LogP contribution in [0.25, 0.3) is 0 Å². The van der Waals surface area contributed by atoms with Crippen molar-refractivity contribution in [1.29, 1.82) is 0 Å². The van der Waals surface area contributed by atoms with E-state index >= 15 is 0 Å². The zero-order valence-electron chi connectivity index (χ0n) is 12.1. The number of thiol groups is 3. The summed E-state index contributed by atoms with van der Waals surface area (Å²) in [6.07, 6.45) is 2.28. The van der Waals surface area contributed by atoms with E-state index in [9.17, 15) is 0 Å². The summed E-state index contributed by atoms with van der Waals surface area (Å²) in [5, 5.41) is 5.68. The van der Waals surface area contributed by atoms with Crippen LogP contribution in [0.1, 0.15) is 26.7 Å². The Morgan fingerprint density at radius 2 is 1.19 bits per heavy atom. The predicted octanol–water partition coefficient (Wildman–Crippen LogP) is 2.92. The zero-order chi connectivity index (χ0) is 16.0. The second-order valence-corrected chi connectivity index (χ2v) is 7.16. The van der Waals surface area contributed by atoms with Gasteiger partial charge in [0.15, 0.2) is 0 Å². The van der Waals surface area contributed by atoms with Crippen LogP contribution in [0.5, 0.6) is 0 Å². The summed E-state index contributed by atoms with van der Waals surface area (Å²) >= 11 is 26.1. The van der Waals surface area contributed by atoms with Gasteiger partial charge in [0.25, 0.3) is 0 Å². The van der Waals surface area contributed by atoms with E-state index in [2.05, 4.69) is 91.7 Å². The molecular formula is C11H23CuN3S6. The summed E-state index contributed by atoms with van der Waals surface area (Å²) in [5.41, 5.74) is 0. The standard InChI is InChI=1S/C7H15NS2.C4H8N2S4.Cu/c1-3-5-8(6-4-2)7(9)10;7-3(8)5-1-2-6-4(9)10;/h3-6H2,1-2H3,(H,9,10);1-2H2,(H2,5,7,8)(H2,6,9,10);. The summed E-state index contributed by atoms with van der Waals surface area (Å²) in [5.74, 6) is 0. The minimum atomic E-state index is 0. The number of thiocarbonyl (C=S) groups is 3. The van der Waals surface area contributed by atoms with Crippen molar-refractivity contribution >= 4 is 87.5 Å². The SMILES string of the molecule is CCCN(CCC)C(=S)S.S=C(S)NCCNC(=S)S.[Cu]. The molecule has 0 aliphatic rings. The fourth-order valence-electron chi connectivity index (χ4n) is 1.18. The third kappa shape index (κ3) is 23.6. The molecule has 3 nitrogen and oxygen atoms in total. The molecular weight excluding hydrogens is 430 g/mol. The number of hydrogen-bond acceptors (Lipinski definition) is 3. The second kappa shape index (κ2) is 19.3. The fourth-order valence-corrected chi connectivity index (χ4v) is 1.99. The Kier molecular flexibility index (Phi) is 24.9. The van der Waals surface area contributed by atoms with Gasteiger partial charge in [0.2, 0.25) is 0 Å². The van der Waals surface area contributed by atoms with E-state index in [-0.39, 0.29) is 17.1 Å². The number of hydrogen-bond donors (Lipinski definition) is 5. The molecule has 0 unspecified atom stereocenters. The quantitative estimate of drug-likeness (QED) is 0.176. The average molecular weight is 453 g/mol. The van der Waals surface area contributed by atoms with Crippen LogP contribution in [0.2, 0.25) is 0 Å². The molecule has 0 bridgehead atoms. The fraction of sp³-hybridized carbons (Fsp3) is 0.727. The molecule has 0 aliphatic heterocycles. The van der Waals surface area contributed by atoms with Gasteiger partial charge < -0.3 is 15.5 Å². The van der Waals surface area contributed by atoms with Gasteiger partial charge in [-0.1, -0.05) is 50.5 Å². The van der Waals surface area contributed by atoms with E-state index in [1.807, 2.05) is 0 Å². The van der Waals surface area contributed by atoms with Crippen LogP contribution in [0.3, 0.4) is 0 Å².